The maximum absolute atomic E-state index is 11.2. The predicted molar refractivity (Wildman–Crippen MR) is 132 cm³/mol. The summed E-state index contributed by atoms with van der Waals surface area (Å²) in [4.78, 5) is 22.3. The molecule has 0 amide bonds. The summed E-state index contributed by atoms with van der Waals surface area (Å²) in [6.07, 6.45) is 5.86. The lowest BCUT2D eigenvalue weighted by Gasteiger charge is -2.27. The lowest BCUT2D eigenvalue weighted by molar-refractivity contribution is -0.149. The molecule has 0 aromatic carbocycles. The Hall–Kier alpha value is -1.06. The third-order valence-corrected chi connectivity index (χ3v) is 6.96. The van der Waals surface area contributed by atoms with Gasteiger partial charge in [0.25, 0.3) is 0 Å². The highest BCUT2D eigenvalue weighted by atomic mass is 16.5. The van der Waals surface area contributed by atoms with Crippen LogP contribution in [0.3, 0.4) is 0 Å². The van der Waals surface area contributed by atoms with Crippen LogP contribution in [0.4, 0.5) is 0 Å². The zero-order chi connectivity index (χ0) is 24.9. The van der Waals surface area contributed by atoms with Gasteiger partial charge < -0.3 is 9.47 Å². The number of methoxy groups -OCH3 is 2. The fourth-order valence-corrected chi connectivity index (χ4v) is 4.66. The highest BCUT2D eigenvalue weighted by Crippen LogP contribution is 2.43. The van der Waals surface area contributed by atoms with Gasteiger partial charge in [0.15, 0.2) is 0 Å². The number of rotatable bonds is 7. The normalized spacial score (nSPS) is 15.4. The molecule has 1 rings (SSSR count). The van der Waals surface area contributed by atoms with E-state index in [9.17, 15) is 9.59 Å². The van der Waals surface area contributed by atoms with Gasteiger partial charge in [0, 0.05) is 0 Å². The van der Waals surface area contributed by atoms with Crippen molar-refractivity contribution in [3.63, 3.8) is 0 Å². The fraction of sp³-hybridized carbons (Fsp3) is 0.926. The highest BCUT2D eigenvalue weighted by molar-refractivity contribution is 5.73. The van der Waals surface area contributed by atoms with Crippen LogP contribution in [0.2, 0.25) is 0 Å². The van der Waals surface area contributed by atoms with Gasteiger partial charge in [-0.15, -0.1) is 0 Å². The Morgan fingerprint density at radius 2 is 0.871 bits per heavy atom. The van der Waals surface area contributed by atoms with Gasteiger partial charge in [-0.3, -0.25) is 9.59 Å². The second-order valence-corrected chi connectivity index (χ2v) is 11.1. The quantitative estimate of drug-likeness (QED) is 0.385. The summed E-state index contributed by atoms with van der Waals surface area (Å²) >= 11 is 0. The number of carbonyl (C=O) groups excluding carboxylic acids is 2. The van der Waals surface area contributed by atoms with Gasteiger partial charge in [-0.25, -0.2) is 0 Å². The minimum absolute atomic E-state index is 0.0417. The van der Waals surface area contributed by atoms with E-state index in [4.69, 9.17) is 9.47 Å². The highest BCUT2D eigenvalue weighted by Gasteiger charge is 2.31. The Morgan fingerprint density at radius 3 is 0.968 bits per heavy atom. The summed E-state index contributed by atoms with van der Waals surface area (Å²) in [6, 6.07) is 0. The van der Waals surface area contributed by atoms with E-state index in [1.165, 1.54) is 39.9 Å². The van der Waals surface area contributed by atoms with Crippen molar-refractivity contribution < 1.29 is 19.1 Å². The van der Waals surface area contributed by atoms with Crippen LogP contribution in [-0.2, 0) is 19.1 Å². The van der Waals surface area contributed by atoms with Gasteiger partial charge in [-0.2, -0.15) is 0 Å². The van der Waals surface area contributed by atoms with Gasteiger partial charge in [0.05, 0.1) is 26.1 Å². The zero-order valence-electron chi connectivity index (χ0n) is 23.0. The van der Waals surface area contributed by atoms with Crippen molar-refractivity contribution >= 4 is 11.9 Å². The standard InChI is InChI=1S/2C9H18O2.C9H18/c2*1-6(2)8(7(3)4)9(10)11-5;1-8(2)9(3)6-4-5-7-9/h2*6-8H,1-5H3;8H,4-7H2,1-3H3. The number of hydrogen-bond donors (Lipinski definition) is 0. The van der Waals surface area contributed by atoms with Crippen LogP contribution < -0.4 is 0 Å². The summed E-state index contributed by atoms with van der Waals surface area (Å²) in [6.45, 7) is 23.5. The molecule has 4 nitrogen and oxygen atoms in total. The molecule has 0 unspecified atom stereocenters. The van der Waals surface area contributed by atoms with E-state index in [1.54, 1.807) is 0 Å². The molecule has 1 saturated carbocycles. The van der Waals surface area contributed by atoms with Gasteiger partial charge >= 0.3 is 11.9 Å². The van der Waals surface area contributed by atoms with Crippen molar-refractivity contribution in [2.45, 2.75) is 102 Å². The second-order valence-electron chi connectivity index (χ2n) is 11.1. The minimum atomic E-state index is -0.0880. The van der Waals surface area contributed by atoms with Gasteiger partial charge in [-0.05, 0) is 47.8 Å². The number of ether oxygens (including phenoxy) is 2. The molecule has 0 radical (unpaired) electrons. The van der Waals surface area contributed by atoms with Crippen LogP contribution in [-0.4, -0.2) is 26.2 Å². The average Bonchev–Trinajstić information content (AvgIpc) is 3.09. The Labute approximate surface area is 194 Å². The summed E-state index contributed by atoms with van der Waals surface area (Å²) in [5.41, 5.74) is 0.694. The molecule has 0 bridgehead atoms. The molecule has 0 aliphatic heterocycles. The summed E-state index contributed by atoms with van der Waals surface area (Å²) in [5, 5.41) is 0. The van der Waals surface area contributed by atoms with Crippen molar-refractivity contribution in [2.75, 3.05) is 14.2 Å². The molecule has 1 aliphatic rings. The minimum Gasteiger partial charge on any atom is -0.469 e. The van der Waals surface area contributed by atoms with Gasteiger partial charge in [0.2, 0.25) is 0 Å². The van der Waals surface area contributed by atoms with Crippen LogP contribution in [0.15, 0.2) is 0 Å². The molecule has 186 valence electrons. The molecule has 0 spiro atoms. The lowest BCUT2D eigenvalue weighted by Crippen LogP contribution is -2.26. The van der Waals surface area contributed by atoms with Crippen LogP contribution >= 0.6 is 0 Å². The van der Waals surface area contributed by atoms with Crippen LogP contribution in [0.1, 0.15) is 102 Å². The van der Waals surface area contributed by atoms with E-state index >= 15 is 0 Å². The maximum Gasteiger partial charge on any atom is 0.309 e. The summed E-state index contributed by atoms with van der Waals surface area (Å²) in [7, 11) is 2.89. The van der Waals surface area contributed by atoms with E-state index in [1.807, 2.05) is 55.4 Å². The van der Waals surface area contributed by atoms with Gasteiger partial charge in [0.1, 0.15) is 0 Å². The first kappa shape index (κ1) is 32.1. The molecule has 0 aromatic rings. The SMILES string of the molecule is CC(C)C1(C)CCCC1.COC(=O)C(C(C)C)C(C)C.COC(=O)C(C(C)C)C(C)C. The van der Waals surface area contributed by atoms with Crippen LogP contribution in [0, 0.1) is 46.8 Å². The van der Waals surface area contributed by atoms with E-state index < -0.39 is 0 Å². The molecule has 1 fully saturated rings. The third-order valence-electron chi connectivity index (χ3n) is 6.96. The van der Waals surface area contributed by atoms with E-state index in [-0.39, 0.29) is 23.8 Å². The first-order valence-corrected chi connectivity index (χ1v) is 12.3. The van der Waals surface area contributed by atoms with Crippen LogP contribution in [0.25, 0.3) is 0 Å². The molecular formula is C27H54O4. The lowest BCUT2D eigenvalue weighted by atomic mass is 9.78. The first-order chi connectivity index (χ1) is 14.2. The first-order valence-electron chi connectivity index (χ1n) is 12.3. The predicted octanol–water partition coefficient (Wildman–Crippen LogP) is 7.40. The van der Waals surface area contributed by atoms with Crippen molar-refractivity contribution in [3.05, 3.63) is 0 Å². The number of esters is 2. The molecule has 0 N–H and O–H groups in total. The maximum atomic E-state index is 11.2. The van der Waals surface area contributed by atoms with Crippen molar-refractivity contribution in [1.29, 1.82) is 0 Å². The van der Waals surface area contributed by atoms with E-state index in [0.29, 0.717) is 29.1 Å². The Balaban J connectivity index is 0. The van der Waals surface area contributed by atoms with E-state index in [2.05, 4.69) is 20.8 Å². The molecule has 31 heavy (non-hydrogen) atoms. The smallest absolute Gasteiger partial charge is 0.309 e. The Bertz CT molecular complexity index is 437. The third kappa shape index (κ3) is 11.9. The Morgan fingerprint density at radius 1 is 0.613 bits per heavy atom. The molecule has 0 heterocycles. The molecule has 4 heteroatoms. The fourth-order valence-electron chi connectivity index (χ4n) is 4.66. The summed E-state index contributed by atoms with van der Waals surface area (Å²) in [5.74, 6) is 2.25. The number of carbonyl (C=O) groups is 2. The largest absolute Gasteiger partial charge is 0.469 e. The molecule has 0 saturated heterocycles. The topological polar surface area (TPSA) is 52.6 Å². The van der Waals surface area contributed by atoms with Crippen molar-refractivity contribution in [1.82, 2.24) is 0 Å². The van der Waals surface area contributed by atoms with Gasteiger partial charge in [-0.1, -0.05) is 89.0 Å². The van der Waals surface area contributed by atoms with Crippen LogP contribution in [0.5, 0.6) is 0 Å². The van der Waals surface area contributed by atoms with Crippen molar-refractivity contribution in [3.8, 4) is 0 Å². The zero-order valence-corrected chi connectivity index (χ0v) is 23.0. The summed E-state index contributed by atoms with van der Waals surface area (Å²) < 4.78 is 9.39. The monoisotopic (exact) mass is 442 g/mol. The number of hydrogen-bond acceptors (Lipinski definition) is 4. The molecule has 0 aromatic heterocycles. The molecule has 0 atom stereocenters. The molecule has 1 aliphatic carbocycles. The van der Waals surface area contributed by atoms with E-state index in [0.717, 1.165) is 5.92 Å². The van der Waals surface area contributed by atoms with Crippen molar-refractivity contribution in [2.24, 2.45) is 46.8 Å². The average molecular weight is 443 g/mol. The molecular weight excluding hydrogens is 388 g/mol. The Kier molecular flexibility index (Phi) is 16.3. The second kappa shape index (κ2) is 15.7.